The van der Waals surface area contributed by atoms with E-state index in [-0.39, 0.29) is 17.1 Å². The summed E-state index contributed by atoms with van der Waals surface area (Å²) in [6, 6.07) is 10.6. The molecule has 0 saturated heterocycles. The van der Waals surface area contributed by atoms with E-state index in [1.54, 1.807) is 30.3 Å². The van der Waals surface area contributed by atoms with Crippen LogP contribution in [-0.2, 0) is 0 Å². The molecule has 0 bridgehead atoms. The Balaban J connectivity index is 2.63. The summed E-state index contributed by atoms with van der Waals surface area (Å²) in [5.74, 6) is -1.21. The molecule has 0 aliphatic carbocycles. The first kappa shape index (κ1) is 13.5. The summed E-state index contributed by atoms with van der Waals surface area (Å²) >= 11 is 0. The van der Waals surface area contributed by atoms with Gasteiger partial charge in [0.15, 0.2) is 11.5 Å². The van der Waals surface area contributed by atoms with Crippen molar-refractivity contribution < 1.29 is 19.6 Å². The second-order valence-electron chi connectivity index (χ2n) is 3.97. The fourth-order valence-corrected chi connectivity index (χ4v) is 1.87. The van der Waals surface area contributed by atoms with Crippen molar-refractivity contribution in [2.45, 2.75) is 0 Å². The minimum absolute atomic E-state index is 0.129. The molecule has 0 saturated carbocycles. The Bertz CT molecular complexity index is 667. The normalized spacial score (nSPS) is 10.1. The summed E-state index contributed by atoms with van der Waals surface area (Å²) in [5.41, 5.74) is -0.347. The molecule has 0 aliphatic heterocycles. The number of benzene rings is 2. The fourth-order valence-electron chi connectivity index (χ4n) is 1.87. The zero-order valence-electron chi connectivity index (χ0n) is 10.6. The lowest BCUT2D eigenvalue weighted by Gasteiger charge is -2.08. The maximum atomic E-state index is 12.3. The number of phenolic OH excluding ortho intramolecular Hbond substituents is 1. The first-order chi connectivity index (χ1) is 9.56. The molecule has 0 heterocycles. The summed E-state index contributed by atoms with van der Waals surface area (Å²) in [5, 5.41) is 20.7. The van der Waals surface area contributed by atoms with Crippen LogP contribution in [0.4, 0.5) is 5.69 Å². The Morgan fingerprint density at radius 2 is 1.85 bits per heavy atom. The highest BCUT2D eigenvalue weighted by Crippen LogP contribution is 2.39. The third-order valence-electron chi connectivity index (χ3n) is 2.78. The van der Waals surface area contributed by atoms with Crippen LogP contribution in [0.3, 0.4) is 0 Å². The second-order valence-corrected chi connectivity index (χ2v) is 3.97. The van der Waals surface area contributed by atoms with Gasteiger partial charge in [0.05, 0.1) is 12.0 Å². The van der Waals surface area contributed by atoms with Crippen LogP contribution in [0.15, 0.2) is 42.5 Å². The van der Waals surface area contributed by atoms with Gasteiger partial charge in [0.25, 0.3) is 0 Å². The van der Waals surface area contributed by atoms with Crippen molar-refractivity contribution >= 4 is 11.5 Å². The van der Waals surface area contributed by atoms with Gasteiger partial charge in [0, 0.05) is 5.56 Å². The van der Waals surface area contributed by atoms with Crippen LogP contribution in [0.5, 0.6) is 11.5 Å². The van der Waals surface area contributed by atoms with Crippen molar-refractivity contribution in [3.63, 3.8) is 0 Å². The van der Waals surface area contributed by atoms with Crippen molar-refractivity contribution in [3.8, 4) is 11.5 Å². The number of methoxy groups -OCH3 is 1. The minimum Gasteiger partial charge on any atom is -0.504 e. The minimum atomic E-state index is -0.741. The van der Waals surface area contributed by atoms with Gasteiger partial charge in [0.1, 0.15) is 5.56 Å². The molecule has 1 N–H and O–H groups in total. The van der Waals surface area contributed by atoms with Crippen molar-refractivity contribution in [1.29, 1.82) is 0 Å². The molecular weight excluding hydrogens is 262 g/mol. The first-order valence-corrected chi connectivity index (χ1v) is 5.70. The van der Waals surface area contributed by atoms with Gasteiger partial charge >= 0.3 is 5.69 Å². The lowest BCUT2D eigenvalue weighted by molar-refractivity contribution is -0.386. The van der Waals surface area contributed by atoms with Gasteiger partial charge in [0.2, 0.25) is 5.75 Å². The average molecular weight is 273 g/mol. The van der Waals surface area contributed by atoms with E-state index in [2.05, 4.69) is 0 Å². The van der Waals surface area contributed by atoms with Crippen LogP contribution in [0.25, 0.3) is 0 Å². The SMILES string of the molecule is COc1c(O)ccc(C(=O)c2ccccc2)c1[N+](=O)[O-]. The summed E-state index contributed by atoms with van der Waals surface area (Å²) in [7, 11) is 1.19. The largest absolute Gasteiger partial charge is 0.504 e. The van der Waals surface area contributed by atoms with Crippen molar-refractivity contribution in [1.82, 2.24) is 0 Å². The molecular formula is C14H11NO5. The van der Waals surface area contributed by atoms with Crippen LogP contribution in [0, 0.1) is 10.1 Å². The third-order valence-corrected chi connectivity index (χ3v) is 2.78. The quantitative estimate of drug-likeness (QED) is 0.525. The summed E-state index contributed by atoms with van der Waals surface area (Å²) < 4.78 is 4.82. The molecule has 0 unspecified atom stereocenters. The highest BCUT2D eigenvalue weighted by atomic mass is 16.6. The number of ether oxygens (including phenoxy) is 1. The summed E-state index contributed by atoms with van der Waals surface area (Å²) in [4.78, 5) is 22.7. The molecule has 20 heavy (non-hydrogen) atoms. The van der Waals surface area contributed by atoms with Gasteiger partial charge in [-0.2, -0.15) is 0 Å². The number of carbonyl (C=O) groups excluding carboxylic acids is 1. The van der Waals surface area contributed by atoms with Gasteiger partial charge in [-0.15, -0.1) is 0 Å². The fraction of sp³-hybridized carbons (Fsp3) is 0.0714. The molecule has 6 heteroatoms. The molecule has 2 aromatic carbocycles. The van der Waals surface area contributed by atoms with Gasteiger partial charge < -0.3 is 9.84 Å². The molecule has 2 aromatic rings. The molecule has 0 aromatic heterocycles. The molecule has 0 spiro atoms. The standard InChI is InChI=1S/C14H11NO5/c1-20-14-11(16)8-7-10(12(14)15(18)19)13(17)9-5-3-2-4-6-9/h2-8,16H,1H3. The Labute approximate surface area is 114 Å². The van der Waals surface area contributed by atoms with Gasteiger partial charge in [-0.05, 0) is 12.1 Å². The zero-order valence-corrected chi connectivity index (χ0v) is 10.6. The van der Waals surface area contributed by atoms with E-state index in [9.17, 15) is 20.0 Å². The molecule has 6 nitrogen and oxygen atoms in total. The number of nitrogens with zero attached hydrogens (tertiary/aromatic N) is 1. The number of nitro groups is 1. The Morgan fingerprint density at radius 1 is 1.20 bits per heavy atom. The summed E-state index contributed by atoms with van der Waals surface area (Å²) in [6.07, 6.45) is 0. The van der Waals surface area contributed by atoms with Gasteiger partial charge in [-0.25, -0.2) is 0 Å². The first-order valence-electron chi connectivity index (χ1n) is 5.70. The number of hydrogen-bond donors (Lipinski definition) is 1. The van der Waals surface area contributed by atoms with E-state index >= 15 is 0 Å². The van der Waals surface area contributed by atoms with Crippen molar-refractivity contribution in [3.05, 3.63) is 63.7 Å². The van der Waals surface area contributed by atoms with E-state index in [1.165, 1.54) is 19.2 Å². The molecule has 0 atom stereocenters. The Hall–Kier alpha value is -2.89. The number of ketones is 1. The number of rotatable bonds is 4. The number of carbonyl (C=O) groups is 1. The monoisotopic (exact) mass is 273 g/mol. The highest BCUT2D eigenvalue weighted by molar-refractivity contribution is 6.12. The Morgan fingerprint density at radius 3 is 2.40 bits per heavy atom. The lowest BCUT2D eigenvalue weighted by Crippen LogP contribution is -2.07. The molecule has 0 aliphatic rings. The molecule has 102 valence electrons. The van der Waals surface area contributed by atoms with Crippen LogP contribution in [0.2, 0.25) is 0 Å². The van der Waals surface area contributed by atoms with Gasteiger partial charge in [-0.3, -0.25) is 14.9 Å². The van der Waals surface area contributed by atoms with Crippen molar-refractivity contribution in [2.75, 3.05) is 7.11 Å². The predicted molar refractivity (Wildman–Crippen MR) is 71.2 cm³/mol. The van der Waals surface area contributed by atoms with E-state index in [1.807, 2.05) is 0 Å². The molecule has 2 rings (SSSR count). The van der Waals surface area contributed by atoms with Crippen LogP contribution in [0.1, 0.15) is 15.9 Å². The number of hydrogen-bond acceptors (Lipinski definition) is 5. The maximum Gasteiger partial charge on any atom is 0.325 e. The van der Waals surface area contributed by atoms with Crippen LogP contribution < -0.4 is 4.74 Å². The van der Waals surface area contributed by atoms with E-state index in [4.69, 9.17) is 4.74 Å². The number of aromatic hydroxyl groups is 1. The third kappa shape index (κ3) is 2.31. The predicted octanol–water partition coefficient (Wildman–Crippen LogP) is 2.54. The van der Waals surface area contributed by atoms with E-state index < -0.39 is 16.4 Å². The number of nitro benzene ring substituents is 1. The highest BCUT2D eigenvalue weighted by Gasteiger charge is 2.28. The molecule has 0 radical (unpaired) electrons. The zero-order chi connectivity index (χ0) is 14.7. The average Bonchev–Trinajstić information content (AvgIpc) is 2.46. The molecule has 0 amide bonds. The van der Waals surface area contributed by atoms with Crippen molar-refractivity contribution in [2.24, 2.45) is 0 Å². The van der Waals surface area contributed by atoms with Crippen LogP contribution >= 0.6 is 0 Å². The lowest BCUT2D eigenvalue weighted by atomic mass is 10.0. The van der Waals surface area contributed by atoms with E-state index in [0.29, 0.717) is 5.56 Å². The summed E-state index contributed by atoms with van der Waals surface area (Å²) in [6.45, 7) is 0. The smallest absolute Gasteiger partial charge is 0.325 e. The number of phenols is 1. The Kier molecular flexibility index (Phi) is 3.65. The molecule has 0 fully saturated rings. The van der Waals surface area contributed by atoms with E-state index in [0.717, 1.165) is 0 Å². The maximum absolute atomic E-state index is 12.3. The van der Waals surface area contributed by atoms with Gasteiger partial charge in [-0.1, -0.05) is 30.3 Å². The van der Waals surface area contributed by atoms with Crippen LogP contribution in [-0.4, -0.2) is 22.9 Å². The topological polar surface area (TPSA) is 89.7 Å². The second kappa shape index (κ2) is 5.40.